The van der Waals surface area contributed by atoms with Crippen molar-refractivity contribution in [2.75, 3.05) is 5.32 Å². The van der Waals surface area contributed by atoms with Crippen LogP contribution < -0.4 is 10.1 Å². The summed E-state index contributed by atoms with van der Waals surface area (Å²) in [6, 6.07) is 14.3. The molecule has 0 saturated heterocycles. The molecule has 24 heavy (non-hydrogen) atoms. The van der Waals surface area contributed by atoms with E-state index in [4.69, 9.17) is 0 Å². The number of nitrogens with one attached hydrogen (secondary N) is 1. The Morgan fingerprint density at radius 1 is 1.17 bits per heavy atom. The van der Waals surface area contributed by atoms with Crippen LogP contribution in [0.4, 0.5) is 14.5 Å². The number of hydrogen-bond acceptors (Lipinski definition) is 3. The SMILES string of the molecule is FC(F)Oc1cccc(NCc2cnn(-c3ccc(Br)cc3)c2)c1. The van der Waals surface area contributed by atoms with E-state index in [2.05, 4.69) is 31.1 Å². The van der Waals surface area contributed by atoms with Gasteiger partial charge in [-0.3, -0.25) is 0 Å². The third-order valence-electron chi connectivity index (χ3n) is 3.28. The Balaban J connectivity index is 1.64. The summed E-state index contributed by atoms with van der Waals surface area (Å²) in [4.78, 5) is 0. The van der Waals surface area contributed by atoms with Crippen LogP contribution in [0.25, 0.3) is 5.69 Å². The molecule has 4 nitrogen and oxygen atoms in total. The predicted octanol–water partition coefficient (Wildman–Crippen LogP) is 4.85. The number of halogens is 3. The first-order valence-electron chi connectivity index (χ1n) is 7.18. The molecule has 0 aliphatic rings. The largest absolute Gasteiger partial charge is 0.435 e. The highest BCUT2D eigenvalue weighted by atomic mass is 79.9. The summed E-state index contributed by atoms with van der Waals surface area (Å²) in [7, 11) is 0. The fourth-order valence-electron chi connectivity index (χ4n) is 2.17. The zero-order chi connectivity index (χ0) is 16.9. The van der Waals surface area contributed by atoms with Crippen LogP contribution in [0.5, 0.6) is 5.75 Å². The Morgan fingerprint density at radius 2 is 1.96 bits per heavy atom. The molecule has 0 aliphatic carbocycles. The van der Waals surface area contributed by atoms with E-state index in [1.54, 1.807) is 23.0 Å². The summed E-state index contributed by atoms with van der Waals surface area (Å²) in [6.45, 7) is -2.31. The molecule has 0 amide bonds. The quantitative estimate of drug-likeness (QED) is 0.650. The van der Waals surface area contributed by atoms with Crippen molar-refractivity contribution in [1.82, 2.24) is 9.78 Å². The number of rotatable bonds is 6. The van der Waals surface area contributed by atoms with E-state index >= 15 is 0 Å². The first-order chi connectivity index (χ1) is 11.6. The molecule has 1 aromatic heterocycles. The number of anilines is 1. The van der Waals surface area contributed by atoms with E-state index in [0.717, 1.165) is 15.7 Å². The molecule has 3 aromatic rings. The van der Waals surface area contributed by atoms with Gasteiger partial charge in [0.15, 0.2) is 0 Å². The van der Waals surface area contributed by atoms with Crippen LogP contribution in [0, 0.1) is 0 Å². The fourth-order valence-corrected chi connectivity index (χ4v) is 2.44. The van der Waals surface area contributed by atoms with Crippen LogP contribution in [0.15, 0.2) is 65.4 Å². The molecule has 0 bridgehead atoms. The molecule has 3 rings (SSSR count). The summed E-state index contributed by atoms with van der Waals surface area (Å²) in [5, 5.41) is 7.49. The van der Waals surface area contributed by atoms with Gasteiger partial charge in [-0.25, -0.2) is 4.68 Å². The lowest BCUT2D eigenvalue weighted by Crippen LogP contribution is -2.03. The first kappa shape index (κ1) is 16.4. The molecular formula is C17H14BrF2N3O. The van der Waals surface area contributed by atoms with E-state index in [1.165, 1.54) is 12.1 Å². The zero-order valence-corrected chi connectivity index (χ0v) is 14.1. The Kier molecular flexibility index (Phi) is 5.10. The second kappa shape index (κ2) is 7.44. The molecule has 0 unspecified atom stereocenters. The molecule has 7 heteroatoms. The lowest BCUT2D eigenvalue weighted by Gasteiger charge is -2.08. The predicted molar refractivity (Wildman–Crippen MR) is 91.7 cm³/mol. The van der Waals surface area contributed by atoms with E-state index < -0.39 is 6.61 Å². The Morgan fingerprint density at radius 3 is 2.71 bits per heavy atom. The minimum Gasteiger partial charge on any atom is -0.435 e. The van der Waals surface area contributed by atoms with E-state index in [1.807, 2.05) is 30.5 Å². The highest BCUT2D eigenvalue weighted by Crippen LogP contribution is 2.20. The van der Waals surface area contributed by atoms with Crippen molar-refractivity contribution in [1.29, 1.82) is 0 Å². The van der Waals surface area contributed by atoms with Crippen molar-refractivity contribution in [3.63, 3.8) is 0 Å². The van der Waals surface area contributed by atoms with Crippen LogP contribution in [-0.2, 0) is 6.54 Å². The van der Waals surface area contributed by atoms with E-state index in [9.17, 15) is 8.78 Å². The maximum Gasteiger partial charge on any atom is 0.387 e. The summed E-state index contributed by atoms with van der Waals surface area (Å²) in [5.74, 6) is 0.126. The van der Waals surface area contributed by atoms with Crippen molar-refractivity contribution in [3.05, 3.63) is 71.0 Å². The van der Waals surface area contributed by atoms with Crippen LogP contribution in [-0.4, -0.2) is 16.4 Å². The van der Waals surface area contributed by atoms with Gasteiger partial charge in [-0.2, -0.15) is 13.9 Å². The topological polar surface area (TPSA) is 39.1 Å². The smallest absolute Gasteiger partial charge is 0.387 e. The number of aromatic nitrogens is 2. The summed E-state index contributed by atoms with van der Waals surface area (Å²) >= 11 is 3.40. The van der Waals surface area contributed by atoms with Gasteiger partial charge >= 0.3 is 6.61 Å². The molecule has 0 aliphatic heterocycles. The second-order valence-corrected chi connectivity index (χ2v) is 5.95. The Labute approximate surface area is 146 Å². The molecule has 0 fully saturated rings. The van der Waals surface area contributed by atoms with E-state index in [-0.39, 0.29) is 5.75 Å². The van der Waals surface area contributed by atoms with Gasteiger partial charge in [0.25, 0.3) is 0 Å². The minimum absolute atomic E-state index is 0.126. The van der Waals surface area contributed by atoms with Gasteiger partial charge in [0.05, 0.1) is 11.9 Å². The second-order valence-electron chi connectivity index (χ2n) is 5.03. The molecule has 2 aromatic carbocycles. The van der Waals surface area contributed by atoms with Crippen LogP contribution >= 0.6 is 15.9 Å². The maximum atomic E-state index is 12.2. The zero-order valence-electron chi connectivity index (χ0n) is 12.5. The van der Waals surface area contributed by atoms with Crippen LogP contribution in [0.1, 0.15) is 5.56 Å². The van der Waals surface area contributed by atoms with Gasteiger partial charge in [-0.1, -0.05) is 22.0 Å². The molecule has 0 saturated carbocycles. The maximum absolute atomic E-state index is 12.2. The molecule has 0 atom stereocenters. The van der Waals surface area contributed by atoms with Crippen molar-refractivity contribution in [2.45, 2.75) is 13.2 Å². The standard InChI is InChI=1S/C17H14BrF2N3O/c18-13-4-6-15(7-5-13)23-11-12(10-22-23)9-21-14-2-1-3-16(8-14)24-17(19)20/h1-8,10-11,17,21H,9H2. The van der Waals surface area contributed by atoms with Crippen molar-refractivity contribution in [2.24, 2.45) is 0 Å². The van der Waals surface area contributed by atoms with Gasteiger partial charge in [-0.15, -0.1) is 0 Å². The van der Waals surface area contributed by atoms with Gasteiger partial charge in [0, 0.05) is 34.5 Å². The minimum atomic E-state index is -2.83. The Bertz CT molecular complexity index is 806. The Hall–Kier alpha value is -2.41. The normalized spacial score (nSPS) is 10.8. The number of ether oxygens (including phenoxy) is 1. The van der Waals surface area contributed by atoms with Gasteiger partial charge in [0.1, 0.15) is 5.75 Å². The number of nitrogens with zero attached hydrogens (tertiary/aromatic N) is 2. The van der Waals surface area contributed by atoms with Gasteiger partial charge < -0.3 is 10.1 Å². The highest BCUT2D eigenvalue weighted by molar-refractivity contribution is 9.10. The highest BCUT2D eigenvalue weighted by Gasteiger charge is 2.05. The van der Waals surface area contributed by atoms with Crippen molar-refractivity contribution >= 4 is 21.6 Å². The average molecular weight is 394 g/mol. The van der Waals surface area contributed by atoms with Crippen molar-refractivity contribution < 1.29 is 13.5 Å². The lowest BCUT2D eigenvalue weighted by molar-refractivity contribution is -0.0498. The van der Waals surface area contributed by atoms with Gasteiger partial charge in [-0.05, 0) is 36.4 Å². The van der Waals surface area contributed by atoms with Crippen LogP contribution in [0.3, 0.4) is 0 Å². The van der Waals surface area contributed by atoms with Crippen LogP contribution in [0.2, 0.25) is 0 Å². The lowest BCUT2D eigenvalue weighted by atomic mass is 10.3. The fraction of sp³-hybridized carbons (Fsp3) is 0.118. The molecule has 1 N–H and O–H groups in total. The molecule has 1 heterocycles. The molecule has 0 radical (unpaired) electrons. The number of hydrogen-bond donors (Lipinski definition) is 1. The molecular weight excluding hydrogens is 380 g/mol. The monoisotopic (exact) mass is 393 g/mol. The molecule has 0 spiro atoms. The van der Waals surface area contributed by atoms with E-state index in [0.29, 0.717) is 12.2 Å². The summed E-state index contributed by atoms with van der Waals surface area (Å²) in [5.41, 5.74) is 2.62. The number of benzene rings is 2. The first-order valence-corrected chi connectivity index (χ1v) is 7.98. The van der Waals surface area contributed by atoms with Crippen molar-refractivity contribution in [3.8, 4) is 11.4 Å². The average Bonchev–Trinajstić information content (AvgIpc) is 3.02. The molecule has 124 valence electrons. The third-order valence-corrected chi connectivity index (χ3v) is 3.81. The summed E-state index contributed by atoms with van der Waals surface area (Å²) in [6.07, 6.45) is 3.67. The number of alkyl halides is 2. The van der Waals surface area contributed by atoms with Gasteiger partial charge in [0.2, 0.25) is 0 Å². The third kappa shape index (κ3) is 4.32. The summed E-state index contributed by atoms with van der Waals surface area (Å²) < 4.78 is 31.6.